The molecule has 4 rings (SSSR count). The van der Waals surface area contributed by atoms with Crippen LogP contribution in [0.15, 0.2) is 59.6 Å². The average molecular weight is 369 g/mol. The van der Waals surface area contributed by atoms with Crippen LogP contribution in [0.1, 0.15) is 11.1 Å². The normalized spacial score (nSPS) is 16.0. The lowest BCUT2D eigenvalue weighted by Crippen LogP contribution is -2.17. The fourth-order valence-electron chi connectivity index (χ4n) is 2.86. The van der Waals surface area contributed by atoms with Crippen LogP contribution in [0.25, 0.3) is 17.0 Å². The average Bonchev–Trinajstić information content (AvgIpc) is 3.14. The van der Waals surface area contributed by atoms with Gasteiger partial charge in [0.05, 0.1) is 4.91 Å². The van der Waals surface area contributed by atoms with Gasteiger partial charge in [-0.3, -0.25) is 14.9 Å². The van der Waals surface area contributed by atoms with Gasteiger partial charge >= 0.3 is 0 Å². The number of imide groups is 1. The Balaban J connectivity index is 1.71. The summed E-state index contributed by atoms with van der Waals surface area (Å²) in [5, 5.41) is 3.71. The summed E-state index contributed by atoms with van der Waals surface area (Å²) >= 11 is 6.87. The van der Waals surface area contributed by atoms with Crippen molar-refractivity contribution in [3.05, 3.63) is 75.8 Å². The van der Waals surface area contributed by atoms with Crippen LogP contribution < -0.4 is 5.32 Å². The fraction of sp³-hybridized carbons (Fsp3) is 0.0526. The van der Waals surface area contributed by atoms with Crippen molar-refractivity contribution >= 4 is 51.5 Å². The number of thioether (sulfide) groups is 1. The van der Waals surface area contributed by atoms with Crippen molar-refractivity contribution in [2.75, 3.05) is 0 Å². The number of carbonyl (C=O) groups is 2. The van der Waals surface area contributed by atoms with Gasteiger partial charge in [0.2, 0.25) is 0 Å². The molecule has 1 N–H and O–H groups in total. The highest BCUT2D eigenvalue weighted by atomic mass is 35.5. The first kappa shape index (κ1) is 16.0. The van der Waals surface area contributed by atoms with Gasteiger partial charge in [-0.2, -0.15) is 0 Å². The topological polar surface area (TPSA) is 51.1 Å². The molecule has 2 aromatic carbocycles. The summed E-state index contributed by atoms with van der Waals surface area (Å²) in [6.45, 7) is 0.731. The predicted octanol–water partition coefficient (Wildman–Crippen LogP) is 4.67. The summed E-state index contributed by atoms with van der Waals surface area (Å²) in [6.07, 6.45) is 3.79. The van der Waals surface area contributed by atoms with E-state index in [0.717, 1.165) is 45.4 Å². The van der Waals surface area contributed by atoms with Crippen molar-refractivity contribution in [2.45, 2.75) is 6.54 Å². The molecule has 1 aromatic heterocycles. The Kier molecular flexibility index (Phi) is 4.11. The van der Waals surface area contributed by atoms with E-state index in [1.54, 1.807) is 6.08 Å². The molecule has 0 unspecified atom stereocenters. The maximum absolute atomic E-state index is 11.8. The molecule has 1 saturated heterocycles. The first-order valence-electron chi connectivity index (χ1n) is 7.67. The summed E-state index contributed by atoms with van der Waals surface area (Å²) in [5.74, 6) is -0.340. The molecular weight excluding hydrogens is 356 g/mol. The van der Waals surface area contributed by atoms with Gasteiger partial charge in [-0.25, -0.2) is 0 Å². The second kappa shape index (κ2) is 6.43. The van der Waals surface area contributed by atoms with Crippen LogP contribution >= 0.6 is 23.4 Å². The minimum Gasteiger partial charge on any atom is -0.343 e. The van der Waals surface area contributed by atoms with Crippen LogP contribution in [0.2, 0.25) is 5.02 Å². The van der Waals surface area contributed by atoms with Crippen LogP contribution in [0.3, 0.4) is 0 Å². The van der Waals surface area contributed by atoms with Crippen LogP contribution in [-0.4, -0.2) is 15.7 Å². The number of hydrogen-bond donors (Lipinski definition) is 1. The molecule has 2 amide bonds. The third kappa shape index (κ3) is 3.21. The molecule has 1 aliphatic rings. The first-order chi connectivity index (χ1) is 12.1. The molecule has 0 aliphatic carbocycles. The molecule has 0 spiro atoms. The number of benzene rings is 2. The van der Waals surface area contributed by atoms with Gasteiger partial charge < -0.3 is 4.57 Å². The molecule has 2 heterocycles. The van der Waals surface area contributed by atoms with E-state index in [1.165, 1.54) is 0 Å². The van der Waals surface area contributed by atoms with E-state index in [-0.39, 0.29) is 11.1 Å². The van der Waals surface area contributed by atoms with Crippen molar-refractivity contribution in [3.63, 3.8) is 0 Å². The second-order valence-corrected chi connectivity index (χ2v) is 7.15. The molecule has 1 fully saturated rings. The zero-order valence-corrected chi connectivity index (χ0v) is 14.6. The lowest BCUT2D eigenvalue weighted by molar-refractivity contribution is -0.115. The number of fused-ring (bicyclic) bond motifs is 1. The van der Waals surface area contributed by atoms with E-state index >= 15 is 0 Å². The highest BCUT2D eigenvalue weighted by Crippen LogP contribution is 2.29. The van der Waals surface area contributed by atoms with Gasteiger partial charge in [-0.1, -0.05) is 35.9 Å². The monoisotopic (exact) mass is 368 g/mol. The molecule has 25 heavy (non-hydrogen) atoms. The van der Waals surface area contributed by atoms with Crippen LogP contribution in [0.5, 0.6) is 0 Å². The van der Waals surface area contributed by atoms with Crippen molar-refractivity contribution < 1.29 is 9.59 Å². The maximum atomic E-state index is 11.8. The number of amides is 2. The van der Waals surface area contributed by atoms with Crippen molar-refractivity contribution in [1.29, 1.82) is 0 Å². The van der Waals surface area contributed by atoms with Crippen molar-refractivity contribution in [3.8, 4) is 0 Å². The SMILES string of the molecule is O=C1NC(=O)/C(=C/c2cccc3c2ccn3Cc2ccc(Cl)cc2)S1. The Morgan fingerprint density at radius 3 is 2.60 bits per heavy atom. The molecule has 3 aromatic rings. The summed E-state index contributed by atoms with van der Waals surface area (Å²) in [4.78, 5) is 23.5. The van der Waals surface area contributed by atoms with E-state index < -0.39 is 0 Å². The van der Waals surface area contributed by atoms with Gasteiger partial charge in [-0.15, -0.1) is 0 Å². The Morgan fingerprint density at radius 1 is 1.08 bits per heavy atom. The molecule has 4 nitrogen and oxygen atoms in total. The molecule has 0 atom stereocenters. The van der Waals surface area contributed by atoms with Crippen LogP contribution in [0, 0.1) is 0 Å². The Hall–Kier alpha value is -2.50. The highest BCUT2D eigenvalue weighted by Gasteiger charge is 2.25. The molecule has 0 saturated carbocycles. The zero-order valence-electron chi connectivity index (χ0n) is 13.0. The van der Waals surface area contributed by atoms with E-state index in [0.29, 0.717) is 4.91 Å². The van der Waals surface area contributed by atoms with Crippen molar-refractivity contribution in [2.24, 2.45) is 0 Å². The Labute approximate surface area is 153 Å². The number of halogens is 1. The summed E-state index contributed by atoms with van der Waals surface area (Å²) in [7, 11) is 0. The molecule has 1 aliphatic heterocycles. The Morgan fingerprint density at radius 2 is 1.88 bits per heavy atom. The summed E-state index contributed by atoms with van der Waals surface area (Å²) < 4.78 is 2.15. The molecule has 0 radical (unpaired) electrons. The largest absolute Gasteiger partial charge is 0.343 e. The number of nitrogens with one attached hydrogen (secondary N) is 1. The molecular formula is C19H13ClN2O2S. The van der Waals surface area contributed by atoms with E-state index in [1.807, 2.05) is 54.7 Å². The van der Waals surface area contributed by atoms with E-state index in [9.17, 15) is 9.59 Å². The predicted molar refractivity (Wildman–Crippen MR) is 102 cm³/mol. The number of aromatic nitrogens is 1. The minimum absolute atomic E-state index is 0.330. The molecule has 124 valence electrons. The van der Waals surface area contributed by atoms with Gasteiger partial charge in [-0.05, 0) is 53.2 Å². The lowest BCUT2D eigenvalue weighted by atomic mass is 10.1. The number of nitrogens with zero attached hydrogens (tertiary/aromatic N) is 1. The van der Waals surface area contributed by atoms with Crippen LogP contribution in [-0.2, 0) is 11.3 Å². The van der Waals surface area contributed by atoms with Gasteiger partial charge in [0.25, 0.3) is 11.1 Å². The minimum atomic E-state index is -0.340. The molecule has 6 heteroatoms. The number of hydrogen-bond acceptors (Lipinski definition) is 3. The van der Waals surface area contributed by atoms with Gasteiger partial charge in [0, 0.05) is 28.7 Å². The zero-order chi connectivity index (χ0) is 17.4. The van der Waals surface area contributed by atoms with Crippen molar-refractivity contribution in [1.82, 2.24) is 9.88 Å². The summed E-state index contributed by atoms with van der Waals surface area (Å²) in [5.41, 5.74) is 3.14. The number of rotatable bonds is 3. The Bertz CT molecular complexity index is 1020. The van der Waals surface area contributed by atoms with Crippen LogP contribution in [0.4, 0.5) is 4.79 Å². The molecule has 0 bridgehead atoms. The summed E-state index contributed by atoms with van der Waals surface area (Å²) in [6, 6.07) is 15.7. The highest BCUT2D eigenvalue weighted by molar-refractivity contribution is 8.18. The smallest absolute Gasteiger partial charge is 0.290 e. The fourth-order valence-corrected chi connectivity index (χ4v) is 3.66. The first-order valence-corrected chi connectivity index (χ1v) is 8.87. The maximum Gasteiger partial charge on any atom is 0.290 e. The third-order valence-electron chi connectivity index (χ3n) is 4.04. The second-order valence-electron chi connectivity index (χ2n) is 5.70. The lowest BCUT2D eigenvalue weighted by Gasteiger charge is -2.07. The quantitative estimate of drug-likeness (QED) is 0.683. The van der Waals surface area contributed by atoms with Gasteiger partial charge in [0.1, 0.15) is 0 Å². The van der Waals surface area contributed by atoms with E-state index in [4.69, 9.17) is 11.6 Å². The number of carbonyl (C=O) groups excluding carboxylic acids is 2. The third-order valence-corrected chi connectivity index (χ3v) is 5.10. The van der Waals surface area contributed by atoms with E-state index in [2.05, 4.69) is 9.88 Å². The standard InChI is InChI=1S/C19H13ClN2O2S/c20-14-6-4-12(5-7-14)11-22-9-8-15-13(2-1-3-16(15)22)10-17-18(23)21-19(24)25-17/h1-10H,11H2,(H,21,23,24)/b17-10-. The van der Waals surface area contributed by atoms with Gasteiger partial charge in [0.15, 0.2) is 0 Å².